The van der Waals surface area contributed by atoms with Gasteiger partial charge in [-0.05, 0) is 18.2 Å². The molecule has 0 unspecified atom stereocenters. The normalized spacial score (nSPS) is 11.6. The number of aromatic nitrogens is 2. The number of anilines is 1. The van der Waals surface area contributed by atoms with Gasteiger partial charge in [0, 0.05) is 5.56 Å². The Morgan fingerprint density at radius 3 is 2.29 bits per heavy atom. The Morgan fingerprint density at radius 1 is 1.00 bits per heavy atom. The van der Waals surface area contributed by atoms with Crippen LogP contribution in [0.1, 0.15) is 5.69 Å². The van der Waals surface area contributed by atoms with Gasteiger partial charge in [-0.1, -0.05) is 54.1 Å². The lowest BCUT2D eigenvalue weighted by molar-refractivity contribution is -0.141. The van der Waals surface area contributed by atoms with Gasteiger partial charge in [0.2, 0.25) is 5.95 Å². The topological polar surface area (TPSA) is 110 Å². The third-order valence-electron chi connectivity index (χ3n) is 3.57. The van der Waals surface area contributed by atoms with Crippen molar-refractivity contribution in [1.29, 1.82) is 0 Å². The number of carbonyl (C=O) groups is 1. The van der Waals surface area contributed by atoms with E-state index in [1.165, 1.54) is 41.1 Å². The number of rotatable bonds is 5. The number of para-hydroxylation sites is 1. The van der Waals surface area contributed by atoms with E-state index in [0.29, 0.717) is 11.6 Å². The minimum atomic E-state index is -4.83. The number of hydrogen-bond donors (Lipinski definition) is 2. The van der Waals surface area contributed by atoms with Crippen LogP contribution in [0.15, 0.2) is 60.7 Å². The molecule has 0 aliphatic rings. The molecule has 3 aromatic rings. The minimum absolute atomic E-state index is 0.0398. The summed E-state index contributed by atoms with van der Waals surface area (Å²) in [6, 6.07) is 12.7. The van der Waals surface area contributed by atoms with Crippen molar-refractivity contribution < 1.29 is 30.6 Å². The number of urea groups is 1. The fraction of sp³-hybridized carbons (Fsp3) is 0.0556. The molecule has 0 aliphatic heterocycles. The Hall–Kier alpha value is -3.38. The highest BCUT2D eigenvalue weighted by Gasteiger charge is 2.34. The minimum Gasteiger partial charge on any atom is -0.365 e. The Bertz CT molecular complexity index is 1210. The summed E-state index contributed by atoms with van der Waals surface area (Å²) in [5.41, 5.74) is -1.13. The summed E-state index contributed by atoms with van der Waals surface area (Å²) in [6.45, 7) is 0. The molecule has 2 aromatic carbocycles. The van der Waals surface area contributed by atoms with Crippen LogP contribution in [0.3, 0.4) is 0 Å². The number of halogens is 4. The van der Waals surface area contributed by atoms with Gasteiger partial charge in [-0.15, -0.1) is 0 Å². The Labute approximate surface area is 179 Å². The van der Waals surface area contributed by atoms with E-state index < -0.39 is 34.2 Å². The standard InChI is InChI=1S/C18H12ClF3N4O4S/c19-12-8-4-5-9-14(12)30-31(28,29)26-17(27)25-16-23-13(11-6-2-1-3-7-11)10-15(24-16)18(20,21)22/h1-10H,(H2,23,24,25,26,27). The molecule has 31 heavy (non-hydrogen) atoms. The van der Waals surface area contributed by atoms with E-state index in [1.807, 2.05) is 5.32 Å². The number of alkyl halides is 3. The Morgan fingerprint density at radius 2 is 1.65 bits per heavy atom. The molecule has 0 saturated carbocycles. The van der Waals surface area contributed by atoms with Crippen molar-refractivity contribution >= 4 is 33.9 Å². The maximum Gasteiger partial charge on any atom is 0.433 e. The van der Waals surface area contributed by atoms with E-state index in [4.69, 9.17) is 11.6 Å². The van der Waals surface area contributed by atoms with Gasteiger partial charge in [-0.3, -0.25) is 5.32 Å². The summed E-state index contributed by atoms with van der Waals surface area (Å²) in [5.74, 6) is -1.02. The number of nitrogens with one attached hydrogen (secondary N) is 2. The fourth-order valence-corrected chi connectivity index (χ4v) is 3.22. The van der Waals surface area contributed by atoms with E-state index in [-0.39, 0.29) is 16.5 Å². The fourth-order valence-electron chi connectivity index (χ4n) is 2.30. The Kier molecular flexibility index (Phi) is 6.32. The number of amides is 2. The van der Waals surface area contributed by atoms with Gasteiger partial charge in [0.05, 0.1) is 10.7 Å². The van der Waals surface area contributed by atoms with Crippen molar-refractivity contribution in [3.05, 3.63) is 71.4 Å². The largest absolute Gasteiger partial charge is 0.433 e. The number of nitrogens with zero attached hydrogens (tertiary/aromatic N) is 2. The second-order valence-corrected chi connectivity index (χ2v) is 7.54. The summed E-state index contributed by atoms with van der Waals surface area (Å²) < 4.78 is 69.7. The predicted molar refractivity (Wildman–Crippen MR) is 106 cm³/mol. The summed E-state index contributed by atoms with van der Waals surface area (Å²) in [6.07, 6.45) is -4.83. The summed E-state index contributed by atoms with van der Waals surface area (Å²) in [4.78, 5) is 19.1. The maximum absolute atomic E-state index is 13.2. The van der Waals surface area contributed by atoms with E-state index in [0.717, 1.165) is 0 Å². The van der Waals surface area contributed by atoms with Crippen molar-refractivity contribution in [2.24, 2.45) is 0 Å². The summed E-state index contributed by atoms with van der Waals surface area (Å²) in [5, 5.41) is 1.82. The third-order valence-corrected chi connectivity index (χ3v) is 4.71. The van der Waals surface area contributed by atoms with Crippen molar-refractivity contribution in [3.63, 3.8) is 0 Å². The number of hydrogen-bond acceptors (Lipinski definition) is 6. The van der Waals surface area contributed by atoms with Crippen molar-refractivity contribution in [3.8, 4) is 17.0 Å². The average Bonchev–Trinajstić information content (AvgIpc) is 2.69. The number of benzene rings is 2. The average molecular weight is 473 g/mol. The van der Waals surface area contributed by atoms with E-state index in [2.05, 4.69) is 14.2 Å². The zero-order chi connectivity index (χ0) is 22.6. The highest BCUT2D eigenvalue weighted by atomic mass is 35.5. The maximum atomic E-state index is 13.2. The molecule has 2 amide bonds. The molecule has 0 aliphatic carbocycles. The van der Waals surface area contributed by atoms with Crippen LogP contribution >= 0.6 is 11.6 Å². The van der Waals surface area contributed by atoms with Crippen LogP contribution in [0.4, 0.5) is 23.9 Å². The molecular weight excluding hydrogens is 461 g/mol. The first-order valence-corrected chi connectivity index (χ1v) is 10.1. The van der Waals surface area contributed by atoms with Crippen molar-refractivity contribution in [2.75, 3.05) is 5.32 Å². The quantitative estimate of drug-likeness (QED) is 0.574. The van der Waals surface area contributed by atoms with Crippen LogP contribution < -0.4 is 14.2 Å². The lowest BCUT2D eigenvalue weighted by atomic mass is 10.1. The van der Waals surface area contributed by atoms with Gasteiger partial charge in [-0.2, -0.15) is 21.6 Å². The highest BCUT2D eigenvalue weighted by molar-refractivity contribution is 7.85. The third kappa shape index (κ3) is 6.06. The highest BCUT2D eigenvalue weighted by Crippen LogP contribution is 2.31. The second kappa shape index (κ2) is 8.78. The van der Waals surface area contributed by atoms with E-state index in [1.54, 1.807) is 18.2 Å². The van der Waals surface area contributed by atoms with Gasteiger partial charge in [0.1, 0.15) is 0 Å². The Balaban J connectivity index is 1.82. The van der Waals surface area contributed by atoms with Crippen molar-refractivity contribution in [1.82, 2.24) is 14.7 Å². The molecule has 2 N–H and O–H groups in total. The van der Waals surface area contributed by atoms with Gasteiger partial charge >= 0.3 is 22.5 Å². The molecule has 0 spiro atoms. The van der Waals surface area contributed by atoms with Gasteiger partial charge in [0.25, 0.3) is 0 Å². The zero-order valence-corrected chi connectivity index (χ0v) is 16.8. The van der Waals surface area contributed by atoms with Crippen LogP contribution in [0.25, 0.3) is 11.3 Å². The SMILES string of the molecule is O=C(Nc1nc(-c2ccccc2)cc(C(F)(F)F)n1)NS(=O)(=O)Oc1ccccc1Cl. The molecule has 13 heteroatoms. The lowest BCUT2D eigenvalue weighted by Gasteiger charge is -2.12. The van der Waals surface area contributed by atoms with Crippen LogP contribution in [0.5, 0.6) is 5.75 Å². The molecule has 0 bridgehead atoms. The van der Waals surface area contributed by atoms with Crippen LogP contribution in [-0.4, -0.2) is 24.4 Å². The van der Waals surface area contributed by atoms with E-state index in [9.17, 15) is 26.4 Å². The monoisotopic (exact) mass is 472 g/mol. The van der Waals surface area contributed by atoms with E-state index >= 15 is 0 Å². The molecule has 162 valence electrons. The van der Waals surface area contributed by atoms with Crippen LogP contribution in [-0.2, 0) is 16.5 Å². The van der Waals surface area contributed by atoms with Crippen LogP contribution in [0.2, 0.25) is 5.02 Å². The first kappa shape index (κ1) is 22.3. The molecule has 3 rings (SSSR count). The smallest absolute Gasteiger partial charge is 0.365 e. The molecular formula is C18H12ClF3N4O4S. The van der Waals surface area contributed by atoms with Crippen LogP contribution in [0, 0.1) is 0 Å². The molecule has 0 saturated heterocycles. The number of carbonyl (C=O) groups excluding carboxylic acids is 1. The lowest BCUT2D eigenvalue weighted by Crippen LogP contribution is -2.37. The molecule has 1 heterocycles. The molecule has 0 atom stereocenters. The van der Waals surface area contributed by atoms with Gasteiger partial charge in [-0.25, -0.2) is 19.5 Å². The molecule has 0 fully saturated rings. The van der Waals surface area contributed by atoms with Gasteiger partial charge in [0.15, 0.2) is 11.4 Å². The predicted octanol–water partition coefficient (Wildman–Crippen LogP) is 4.26. The summed E-state index contributed by atoms with van der Waals surface area (Å²) in [7, 11) is -4.70. The van der Waals surface area contributed by atoms with Crippen molar-refractivity contribution in [2.45, 2.75) is 6.18 Å². The zero-order valence-electron chi connectivity index (χ0n) is 15.2. The molecule has 1 aromatic heterocycles. The van der Waals surface area contributed by atoms with Gasteiger partial charge < -0.3 is 4.18 Å². The summed E-state index contributed by atoms with van der Waals surface area (Å²) >= 11 is 5.79. The molecule has 8 nitrogen and oxygen atoms in total. The molecule has 0 radical (unpaired) electrons. The first-order chi connectivity index (χ1) is 14.5. The first-order valence-electron chi connectivity index (χ1n) is 8.33. The second-order valence-electron chi connectivity index (χ2n) is 5.85.